The molecule has 0 aromatic heterocycles. The predicted molar refractivity (Wildman–Crippen MR) is 86.7 cm³/mol. The average molecular weight is 327 g/mol. The van der Waals surface area contributed by atoms with Crippen molar-refractivity contribution in [2.24, 2.45) is 0 Å². The summed E-state index contributed by atoms with van der Waals surface area (Å²) in [5.41, 5.74) is 0. The van der Waals surface area contributed by atoms with Crippen LogP contribution < -0.4 is 4.74 Å². The number of carbonyl (C=O) groups is 1. The number of hydrogen-bond donors (Lipinski definition) is 1. The monoisotopic (exact) mass is 326 g/mol. The Morgan fingerprint density at radius 3 is 2.59 bits per heavy atom. The van der Waals surface area contributed by atoms with Crippen LogP contribution in [-0.2, 0) is 4.79 Å². The molecule has 1 aromatic rings. The molecule has 1 aliphatic heterocycles. The summed E-state index contributed by atoms with van der Waals surface area (Å²) in [5.74, 6) is -0.0160. The molecule has 1 atom stereocenters. The number of para-hydroxylation sites is 1. The molecule has 2 rings (SSSR count). The summed E-state index contributed by atoms with van der Waals surface area (Å²) in [7, 11) is 0. The second-order valence-corrected chi connectivity index (χ2v) is 5.83. The highest BCUT2D eigenvalue weighted by Crippen LogP contribution is 2.22. The lowest BCUT2D eigenvalue weighted by Crippen LogP contribution is -2.53. The highest BCUT2D eigenvalue weighted by molar-refractivity contribution is 6.32. The zero-order chi connectivity index (χ0) is 15.9. The number of hydrogen-bond acceptors (Lipinski definition) is 4. The molecule has 5 nitrogen and oxygen atoms in total. The molecular weight excluding hydrogens is 304 g/mol. The first-order valence-electron chi connectivity index (χ1n) is 7.68. The van der Waals surface area contributed by atoms with Gasteiger partial charge in [0.25, 0.3) is 0 Å². The molecule has 1 saturated heterocycles. The Kier molecular flexibility index (Phi) is 6.49. The Hall–Kier alpha value is -1.30. The van der Waals surface area contributed by atoms with Crippen LogP contribution in [0.25, 0.3) is 0 Å². The number of halogens is 1. The largest absolute Gasteiger partial charge is 0.491 e. The van der Waals surface area contributed by atoms with Crippen LogP contribution in [0.5, 0.6) is 5.75 Å². The fourth-order valence-electron chi connectivity index (χ4n) is 2.73. The summed E-state index contributed by atoms with van der Waals surface area (Å²) < 4.78 is 5.69. The molecule has 22 heavy (non-hydrogen) atoms. The Morgan fingerprint density at radius 1 is 1.32 bits per heavy atom. The highest BCUT2D eigenvalue weighted by atomic mass is 35.5. The summed E-state index contributed by atoms with van der Waals surface area (Å²) in [6.07, 6.45) is 0.644. The number of carboxylic acids is 1. The molecule has 1 aromatic carbocycles. The quantitative estimate of drug-likeness (QED) is 0.832. The topological polar surface area (TPSA) is 53.0 Å². The summed E-state index contributed by atoms with van der Waals surface area (Å²) in [5, 5.41) is 9.82. The molecule has 1 N–H and O–H groups in total. The van der Waals surface area contributed by atoms with Crippen LogP contribution in [0.2, 0.25) is 5.02 Å². The number of benzene rings is 1. The molecule has 0 aliphatic carbocycles. The van der Waals surface area contributed by atoms with Gasteiger partial charge in [0.1, 0.15) is 18.4 Å². The van der Waals surface area contributed by atoms with Gasteiger partial charge < -0.3 is 9.84 Å². The lowest BCUT2D eigenvalue weighted by molar-refractivity contribution is -0.144. The predicted octanol–water partition coefficient (Wildman–Crippen LogP) is 2.20. The van der Waals surface area contributed by atoms with Crippen molar-refractivity contribution in [1.82, 2.24) is 9.80 Å². The smallest absolute Gasteiger partial charge is 0.320 e. The maximum absolute atomic E-state index is 11.2. The number of carboxylic acid groups (broad SMARTS) is 1. The fraction of sp³-hybridized carbons (Fsp3) is 0.562. The third-order valence-electron chi connectivity index (χ3n) is 4.02. The molecule has 1 aliphatic rings. The van der Waals surface area contributed by atoms with Crippen LogP contribution in [0, 0.1) is 0 Å². The summed E-state index contributed by atoms with van der Waals surface area (Å²) in [4.78, 5) is 15.5. The van der Waals surface area contributed by atoms with Gasteiger partial charge in [0.05, 0.1) is 5.02 Å². The first-order valence-corrected chi connectivity index (χ1v) is 8.06. The lowest BCUT2D eigenvalue weighted by atomic mass is 10.1. The minimum absolute atomic E-state index is 0.360. The zero-order valence-corrected chi connectivity index (χ0v) is 13.6. The number of aliphatic carboxylic acids is 1. The molecule has 0 bridgehead atoms. The number of rotatable bonds is 7. The third kappa shape index (κ3) is 4.60. The normalized spacial score (nSPS) is 18.1. The third-order valence-corrected chi connectivity index (χ3v) is 4.33. The number of ether oxygens (including phenoxy) is 1. The van der Waals surface area contributed by atoms with Gasteiger partial charge in [0.2, 0.25) is 0 Å². The Bertz CT molecular complexity index is 490. The molecule has 6 heteroatoms. The average Bonchev–Trinajstić information content (AvgIpc) is 2.51. The standard InChI is InChI=1S/C16H23ClN2O3/c1-2-14(16(20)21)19-9-7-18(8-10-19)11-12-22-15-6-4-3-5-13(15)17/h3-6,14H,2,7-12H2,1H3,(H,20,21)/t14-/m0/s1. The van der Waals surface area contributed by atoms with E-state index in [1.165, 1.54) is 0 Å². The van der Waals surface area contributed by atoms with Gasteiger partial charge in [-0.1, -0.05) is 30.7 Å². The minimum Gasteiger partial charge on any atom is -0.491 e. The second kappa shape index (κ2) is 8.36. The first kappa shape index (κ1) is 17.1. The molecular formula is C16H23ClN2O3. The maximum atomic E-state index is 11.2. The van der Waals surface area contributed by atoms with E-state index < -0.39 is 5.97 Å². The molecule has 0 unspecified atom stereocenters. The van der Waals surface area contributed by atoms with E-state index in [4.69, 9.17) is 16.3 Å². The van der Waals surface area contributed by atoms with Crippen molar-refractivity contribution < 1.29 is 14.6 Å². The Labute approximate surface area is 136 Å². The highest BCUT2D eigenvalue weighted by Gasteiger charge is 2.27. The zero-order valence-electron chi connectivity index (χ0n) is 12.9. The lowest BCUT2D eigenvalue weighted by Gasteiger charge is -2.37. The molecule has 1 fully saturated rings. The second-order valence-electron chi connectivity index (χ2n) is 5.42. The molecule has 0 spiro atoms. The van der Waals surface area contributed by atoms with E-state index in [-0.39, 0.29) is 6.04 Å². The van der Waals surface area contributed by atoms with Gasteiger partial charge >= 0.3 is 5.97 Å². The molecule has 0 saturated carbocycles. The van der Waals surface area contributed by atoms with Crippen LogP contribution in [0.1, 0.15) is 13.3 Å². The van der Waals surface area contributed by atoms with Gasteiger partial charge in [-0.25, -0.2) is 0 Å². The van der Waals surface area contributed by atoms with Crippen molar-refractivity contribution in [3.05, 3.63) is 29.3 Å². The number of nitrogens with zero attached hydrogens (tertiary/aromatic N) is 2. The van der Waals surface area contributed by atoms with Crippen LogP contribution >= 0.6 is 11.6 Å². The Morgan fingerprint density at radius 2 is 2.00 bits per heavy atom. The van der Waals surface area contributed by atoms with Crippen LogP contribution in [0.3, 0.4) is 0 Å². The number of piperazine rings is 1. The molecule has 0 amide bonds. The van der Waals surface area contributed by atoms with E-state index in [1.54, 1.807) is 0 Å². The van der Waals surface area contributed by atoms with Crippen LogP contribution in [0.15, 0.2) is 24.3 Å². The van der Waals surface area contributed by atoms with Crippen LogP contribution in [0.4, 0.5) is 0 Å². The van der Waals surface area contributed by atoms with E-state index in [1.807, 2.05) is 36.1 Å². The van der Waals surface area contributed by atoms with Gasteiger partial charge in [-0.2, -0.15) is 0 Å². The van der Waals surface area contributed by atoms with Crippen molar-refractivity contribution in [3.8, 4) is 5.75 Å². The Balaban J connectivity index is 1.72. The summed E-state index contributed by atoms with van der Waals surface area (Å²) in [6.45, 7) is 6.64. The van der Waals surface area contributed by atoms with Gasteiger partial charge in [-0.15, -0.1) is 0 Å². The summed E-state index contributed by atoms with van der Waals surface area (Å²) in [6, 6.07) is 7.09. The SMILES string of the molecule is CC[C@@H](C(=O)O)N1CCN(CCOc2ccccc2Cl)CC1. The molecule has 122 valence electrons. The summed E-state index contributed by atoms with van der Waals surface area (Å²) >= 11 is 6.04. The van der Waals surface area contributed by atoms with E-state index in [9.17, 15) is 9.90 Å². The van der Waals surface area contributed by atoms with Gasteiger partial charge in [-0.3, -0.25) is 14.6 Å². The molecule has 0 radical (unpaired) electrons. The maximum Gasteiger partial charge on any atom is 0.320 e. The van der Waals surface area contributed by atoms with Crippen molar-refractivity contribution in [2.45, 2.75) is 19.4 Å². The fourth-order valence-corrected chi connectivity index (χ4v) is 2.92. The van der Waals surface area contributed by atoms with Gasteiger partial charge in [-0.05, 0) is 18.6 Å². The van der Waals surface area contributed by atoms with Crippen molar-refractivity contribution in [1.29, 1.82) is 0 Å². The van der Waals surface area contributed by atoms with Gasteiger partial charge in [0.15, 0.2) is 0 Å². The molecule has 1 heterocycles. The van der Waals surface area contributed by atoms with Crippen molar-refractivity contribution >= 4 is 17.6 Å². The van der Waals surface area contributed by atoms with E-state index in [2.05, 4.69) is 4.90 Å². The minimum atomic E-state index is -0.724. The first-order chi connectivity index (χ1) is 10.6. The van der Waals surface area contributed by atoms with E-state index in [0.29, 0.717) is 23.8 Å². The van der Waals surface area contributed by atoms with Crippen molar-refractivity contribution in [3.63, 3.8) is 0 Å². The van der Waals surface area contributed by atoms with E-state index in [0.717, 1.165) is 32.7 Å². The van der Waals surface area contributed by atoms with Crippen molar-refractivity contribution in [2.75, 3.05) is 39.3 Å². The van der Waals surface area contributed by atoms with E-state index >= 15 is 0 Å². The van der Waals surface area contributed by atoms with Gasteiger partial charge in [0, 0.05) is 32.7 Å². The van der Waals surface area contributed by atoms with Crippen LogP contribution in [-0.4, -0.2) is 66.2 Å².